The minimum absolute atomic E-state index is 0.259. The Balaban J connectivity index is 2.42. The molecule has 90 valence electrons. The molecule has 0 aliphatic carbocycles. The second-order valence-corrected chi connectivity index (χ2v) is 5.84. The van der Waals surface area contributed by atoms with E-state index in [1.807, 2.05) is 7.05 Å². The standard InChI is InChI=1S/C14H16BrNS/c1-9-4-5-11(6-10(9)2)14(16-3)12-7-17-8-13(12)15/h4-8,14,16H,1-3H3. The van der Waals surface area contributed by atoms with E-state index in [1.54, 1.807) is 11.3 Å². The third kappa shape index (κ3) is 2.62. The molecule has 0 spiro atoms. The summed E-state index contributed by atoms with van der Waals surface area (Å²) in [4.78, 5) is 0. The van der Waals surface area contributed by atoms with Crippen LogP contribution in [0.25, 0.3) is 0 Å². The number of hydrogen-bond donors (Lipinski definition) is 1. The molecule has 0 saturated carbocycles. The van der Waals surface area contributed by atoms with Gasteiger partial charge in [0.1, 0.15) is 0 Å². The molecule has 0 aliphatic rings. The van der Waals surface area contributed by atoms with Crippen molar-refractivity contribution < 1.29 is 0 Å². The number of benzene rings is 1. The van der Waals surface area contributed by atoms with E-state index in [2.05, 4.69) is 64.1 Å². The van der Waals surface area contributed by atoms with Crippen LogP contribution in [0.1, 0.15) is 28.3 Å². The highest BCUT2D eigenvalue weighted by atomic mass is 79.9. The molecule has 1 unspecified atom stereocenters. The van der Waals surface area contributed by atoms with Gasteiger partial charge in [-0.05, 0) is 64.5 Å². The van der Waals surface area contributed by atoms with Crippen molar-refractivity contribution in [3.05, 3.63) is 55.7 Å². The number of rotatable bonds is 3. The van der Waals surface area contributed by atoms with Crippen molar-refractivity contribution in [1.29, 1.82) is 0 Å². The summed E-state index contributed by atoms with van der Waals surface area (Å²) in [5.74, 6) is 0. The van der Waals surface area contributed by atoms with Gasteiger partial charge in [0.25, 0.3) is 0 Å². The summed E-state index contributed by atoms with van der Waals surface area (Å²) in [6.45, 7) is 4.31. The number of nitrogens with one attached hydrogen (secondary N) is 1. The molecule has 1 atom stereocenters. The first kappa shape index (κ1) is 12.8. The normalized spacial score (nSPS) is 12.7. The summed E-state index contributed by atoms with van der Waals surface area (Å²) in [6.07, 6.45) is 0. The molecule has 2 rings (SSSR count). The predicted octanol–water partition coefficient (Wildman–Crippen LogP) is 4.44. The monoisotopic (exact) mass is 309 g/mol. The molecule has 2 aromatic rings. The largest absolute Gasteiger partial charge is 0.309 e. The fraction of sp³-hybridized carbons (Fsp3) is 0.286. The van der Waals surface area contributed by atoms with Gasteiger partial charge in [-0.25, -0.2) is 0 Å². The van der Waals surface area contributed by atoms with E-state index in [4.69, 9.17) is 0 Å². The first-order chi connectivity index (χ1) is 8.13. The third-order valence-electron chi connectivity index (χ3n) is 3.11. The minimum Gasteiger partial charge on any atom is -0.309 e. The molecule has 0 aliphatic heterocycles. The first-order valence-electron chi connectivity index (χ1n) is 5.59. The van der Waals surface area contributed by atoms with E-state index in [1.165, 1.54) is 26.7 Å². The Morgan fingerprint density at radius 1 is 1.18 bits per heavy atom. The Morgan fingerprint density at radius 3 is 2.47 bits per heavy atom. The second kappa shape index (κ2) is 5.34. The van der Waals surface area contributed by atoms with Crippen LogP contribution in [-0.4, -0.2) is 7.05 Å². The summed E-state index contributed by atoms with van der Waals surface area (Å²) in [5, 5.41) is 7.71. The van der Waals surface area contributed by atoms with Crippen molar-refractivity contribution >= 4 is 27.3 Å². The Hall–Kier alpha value is -0.640. The smallest absolute Gasteiger partial charge is 0.0593 e. The molecule has 0 fully saturated rings. The lowest BCUT2D eigenvalue weighted by Gasteiger charge is -2.17. The zero-order chi connectivity index (χ0) is 12.4. The Kier molecular flexibility index (Phi) is 4.02. The van der Waals surface area contributed by atoms with E-state index in [0.717, 1.165) is 0 Å². The van der Waals surface area contributed by atoms with Crippen LogP contribution in [0.5, 0.6) is 0 Å². The molecule has 1 aromatic heterocycles. The van der Waals surface area contributed by atoms with Crippen molar-refractivity contribution in [3.8, 4) is 0 Å². The average Bonchev–Trinajstić information content (AvgIpc) is 2.71. The van der Waals surface area contributed by atoms with Crippen molar-refractivity contribution in [2.75, 3.05) is 7.05 Å². The number of aryl methyl sites for hydroxylation is 2. The van der Waals surface area contributed by atoms with Gasteiger partial charge in [0, 0.05) is 9.85 Å². The van der Waals surface area contributed by atoms with Gasteiger partial charge in [-0.3, -0.25) is 0 Å². The van der Waals surface area contributed by atoms with E-state index in [0.29, 0.717) is 0 Å². The van der Waals surface area contributed by atoms with Gasteiger partial charge in [-0.2, -0.15) is 11.3 Å². The molecule has 1 N–H and O–H groups in total. The van der Waals surface area contributed by atoms with Crippen LogP contribution in [0.15, 0.2) is 33.4 Å². The molecule has 0 amide bonds. The fourth-order valence-corrected chi connectivity index (χ4v) is 3.50. The molecule has 0 saturated heterocycles. The molecule has 17 heavy (non-hydrogen) atoms. The highest BCUT2D eigenvalue weighted by Gasteiger charge is 2.15. The van der Waals surface area contributed by atoms with E-state index in [-0.39, 0.29) is 6.04 Å². The maximum absolute atomic E-state index is 3.61. The van der Waals surface area contributed by atoms with Gasteiger partial charge in [0.15, 0.2) is 0 Å². The SMILES string of the molecule is CNC(c1ccc(C)c(C)c1)c1cscc1Br. The highest BCUT2D eigenvalue weighted by molar-refractivity contribution is 9.10. The average molecular weight is 310 g/mol. The lowest BCUT2D eigenvalue weighted by molar-refractivity contribution is 0.691. The molecule has 1 nitrogen and oxygen atoms in total. The topological polar surface area (TPSA) is 12.0 Å². The lowest BCUT2D eigenvalue weighted by atomic mass is 9.97. The van der Waals surface area contributed by atoms with Gasteiger partial charge >= 0.3 is 0 Å². The third-order valence-corrected chi connectivity index (χ3v) is 4.86. The van der Waals surface area contributed by atoms with E-state index >= 15 is 0 Å². The van der Waals surface area contributed by atoms with E-state index < -0.39 is 0 Å². The fourth-order valence-electron chi connectivity index (χ4n) is 1.94. The number of halogens is 1. The van der Waals surface area contributed by atoms with Crippen LogP contribution >= 0.6 is 27.3 Å². The first-order valence-corrected chi connectivity index (χ1v) is 7.33. The van der Waals surface area contributed by atoms with Crippen LogP contribution in [0.3, 0.4) is 0 Å². The zero-order valence-corrected chi connectivity index (χ0v) is 12.7. The maximum Gasteiger partial charge on any atom is 0.0593 e. The van der Waals surface area contributed by atoms with Gasteiger partial charge in [0.2, 0.25) is 0 Å². The quantitative estimate of drug-likeness (QED) is 0.884. The van der Waals surface area contributed by atoms with Crippen LogP contribution in [0.2, 0.25) is 0 Å². The van der Waals surface area contributed by atoms with Crippen molar-refractivity contribution in [1.82, 2.24) is 5.32 Å². The van der Waals surface area contributed by atoms with Gasteiger partial charge in [-0.1, -0.05) is 18.2 Å². The van der Waals surface area contributed by atoms with Gasteiger partial charge < -0.3 is 5.32 Å². The Labute approximate surface area is 115 Å². The molecule has 0 radical (unpaired) electrons. The highest BCUT2D eigenvalue weighted by Crippen LogP contribution is 2.31. The predicted molar refractivity (Wildman–Crippen MR) is 78.8 cm³/mol. The Morgan fingerprint density at radius 2 is 1.94 bits per heavy atom. The van der Waals surface area contributed by atoms with Crippen LogP contribution < -0.4 is 5.32 Å². The van der Waals surface area contributed by atoms with Crippen molar-refractivity contribution in [2.24, 2.45) is 0 Å². The number of thiophene rings is 1. The summed E-state index contributed by atoms with van der Waals surface area (Å²) in [6, 6.07) is 6.92. The summed E-state index contributed by atoms with van der Waals surface area (Å²) >= 11 is 5.33. The van der Waals surface area contributed by atoms with Gasteiger partial charge in [-0.15, -0.1) is 0 Å². The van der Waals surface area contributed by atoms with Crippen molar-refractivity contribution in [3.63, 3.8) is 0 Å². The molecule has 0 bridgehead atoms. The van der Waals surface area contributed by atoms with Crippen molar-refractivity contribution in [2.45, 2.75) is 19.9 Å². The van der Waals surface area contributed by atoms with Crippen LogP contribution in [0, 0.1) is 13.8 Å². The number of hydrogen-bond acceptors (Lipinski definition) is 2. The second-order valence-electron chi connectivity index (χ2n) is 4.24. The zero-order valence-electron chi connectivity index (χ0n) is 10.3. The summed E-state index contributed by atoms with van der Waals surface area (Å²) < 4.78 is 1.18. The van der Waals surface area contributed by atoms with Gasteiger partial charge in [0.05, 0.1) is 6.04 Å². The maximum atomic E-state index is 3.61. The lowest BCUT2D eigenvalue weighted by Crippen LogP contribution is -2.17. The molecule has 3 heteroatoms. The molecular formula is C14H16BrNS. The molecule has 1 heterocycles. The van der Waals surface area contributed by atoms with E-state index in [9.17, 15) is 0 Å². The molecule has 1 aromatic carbocycles. The minimum atomic E-state index is 0.259. The summed E-state index contributed by atoms with van der Waals surface area (Å²) in [5.41, 5.74) is 5.30. The molecular weight excluding hydrogens is 294 g/mol. The van der Waals surface area contributed by atoms with Crippen LogP contribution in [-0.2, 0) is 0 Å². The Bertz CT molecular complexity index is 519. The summed E-state index contributed by atoms with van der Waals surface area (Å²) in [7, 11) is 2.00. The van der Waals surface area contributed by atoms with Crippen LogP contribution in [0.4, 0.5) is 0 Å².